The van der Waals surface area contributed by atoms with E-state index in [2.05, 4.69) is 15.6 Å². The van der Waals surface area contributed by atoms with Crippen LogP contribution in [0.15, 0.2) is 23.2 Å². The standard InChI is InChI=1S/C16H23F2N3S/c1-2-19-16(21-11-14-4-3-9-22-14)20-8-7-12-5-6-13(17)10-15(12)18/h5-6,10,14H,2-4,7-9,11H2,1H3,(H2,19,20,21). The molecule has 0 aromatic heterocycles. The van der Waals surface area contributed by atoms with Gasteiger partial charge in [-0.25, -0.2) is 8.78 Å². The maximum absolute atomic E-state index is 13.6. The van der Waals surface area contributed by atoms with Gasteiger partial charge in [0.25, 0.3) is 0 Å². The molecule has 1 heterocycles. The first-order chi connectivity index (χ1) is 10.7. The number of rotatable bonds is 6. The molecule has 0 spiro atoms. The number of aliphatic imine (C=N–C) groups is 1. The van der Waals surface area contributed by atoms with Crippen LogP contribution in [0.5, 0.6) is 0 Å². The molecular weight excluding hydrogens is 304 g/mol. The van der Waals surface area contributed by atoms with Gasteiger partial charge in [-0.15, -0.1) is 0 Å². The number of hydrogen-bond acceptors (Lipinski definition) is 2. The van der Waals surface area contributed by atoms with Crippen LogP contribution < -0.4 is 10.6 Å². The molecule has 1 aromatic rings. The van der Waals surface area contributed by atoms with Gasteiger partial charge in [-0.3, -0.25) is 4.99 Å². The normalized spacial score (nSPS) is 18.5. The Morgan fingerprint density at radius 2 is 2.23 bits per heavy atom. The second-order valence-electron chi connectivity index (χ2n) is 5.27. The van der Waals surface area contributed by atoms with Gasteiger partial charge in [0.05, 0.1) is 6.54 Å². The van der Waals surface area contributed by atoms with E-state index in [1.165, 1.54) is 30.7 Å². The van der Waals surface area contributed by atoms with Gasteiger partial charge in [0.2, 0.25) is 0 Å². The van der Waals surface area contributed by atoms with Gasteiger partial charge < -0.3 is 10.6 Å². The average Bonchev–Trinajstić information content (AvgIpc) is 3.00. The maximum atomic E-state index is 13.6. The fraction of sp³-hybridized carbons (Fsp3) is 0.562. The van der Waals surface area contributed by atoms with E-state index in [4.69, 9.17) is 0 Å². The predicted molar refractivity (Wildman–Crippen MR) is 89.5 cm³/mol. The number of thioether (sulfide) groups is 1. The lowest BCUT2D eigenvalue weighted by atomic mass is 10.1. The number of nitrogens with one attached hydrogen (secondary N) is 2. The van der Waals surface area contributed by atoms with E-state index >= 15 is 0 Å². The Hall–Kier alpha value is -1.30. The average molecular weight is 327 g/mol. The monoisotopic (exact) mass is 327 g/mol. The molecular formula is C16H23F2N3S. The number of halogens is 2. The molecule has 0 amide bonds. The van der Waals surface area contributed by atoms with E-state index in [0.717, 1.165) is 25.1 Å². The van der Waals surface area contributed by atoms with Crippen LogP contribution in [0.1, 0.15) is 25.3 Å². The van der Waals surface area contributed by atoms with Crippen molar-refractivity contribution in [1.82, 2.24) is 10.6 Å². The van der Waals surface area contributed by atoms with Crippen LogP contribution in [0.4, 0.5) is 8.78 Å². The summed E-state index contributed by atoms with van der Waals surface area (Å²) < 4.78 is 26.4. The van der Waals surface area contributed by atoms with Gasteiger partial charge in [-0.1, -0.05) is 6.07 Å². The van der Waals surface area contributed by atoms with Crippen LogP contribution in [-0.4, -0.2) is 36.6 Å². The van der Waals surface area contributed by atoms with E-state index in [9.17, 15) is 8.78 Å². The SMILES string of the molecule is CCNC(=NCC1CCCS1)NCCc1ccc(F)cc1F. The summed E-state index contributed by atoms with van der Waals surface area (Å²) in [5, 5.41) is 7.01. The van der Waals surface area contributed by atoms with Crippen molar-refractivity contribution in [2.24, 2.45) is 4.99 Å². The summed E-state index contributed by atoms with van der Waals surface area (Å²) in [4.78, 5) is 4.58. The number of guanidine groups is 1. The lowest BCUT2D eigenvalue weighted by Crippen LogP contribution is -2.38. The quantitative estimate of drug-likeness (QED) is 0.623. The number of hydrogen-bond donors (Lipinski definition) is 2. The molecule has 1 saturated heterocycles. The van der Waals surface area contributed by atoms with Crippen LogP contribution in [0.25, 0.3) is 0 Å². The van der Waals surface area contributed by atoms with Gasteiger partial charge in [0, 0.05) is 24.4 Å². The zero-order chi connectivity index (χ0) is 15.8. The van der Waals surface area contributed by atoms with Crippen molar-refractivity contribution < 1.29 is 8.78 Å². The van der Waals surface area contributed by atoms with E-state index in [-0.39, 0.29) is 0 Å². The molecule has 1 unspecified atom stereocenters. The van der Waals surface area contributed by atoms with Gasteiger partial charge in [-0.2, -0.15) is 11.8 Å². The van der Waals surface area contributed by atoms with Crippen molar-refractivity contribution in [3.05, 3.63) is 35.4 Å². The molecule has 2 rings (SSSR count). The maximum Gasteiger partial charge on any atom is 0.191 e. The summed E-state index contributed by atoms with van der Waals surface area (Å²) in [7, 11) is 0. The van der Waals surface area contributed by atoms with Crippen LogP contribution in [0.2, 0.25) is 0 Å². The largest absolute Gasteiger partial charge is 0.357 e. The summed E-state index contributed by atoms with van der Waals surface area (Å²) in [6.45, 7) is 4.17. The highest BCUT2D eigenvalue weighted by molar-refractivity contribution is 8.00. The molecule has 0 aliphatic carbocycles. The molecule has 0 radical (unpaired) electrons. The zero-order valence-corrected chi connectivity index (χ0v) is 13.7. The van der Waals surface area contributed by atoms with Gasteiger partial charge in [0.15, 0.2) is 5.96 Å². The Labute approximate surface area is 135 Å². The van der Waals surface area contributed by atoms with Crippen molar-refractivity contribution in [2.75, 3.05) is 25.4 Å². The van der Waals surface area contributed by atoms with Crippen LogP contribution in [-0.2, 0) is 6.42 Å². The Morgan fingerprint density at radius 3 is 2.91 bits per heavy atom. The minimum absolute atomic E-state index is 0.494. The minimum Gasteiger partial charge on any atom is -0.357 e. The zero-order valence-electron chi connectivity index (χ0n) is 12.9. The first kappa shape index (κ1) is 17.1. The Kier molecular flexibility index (Phi) is 6.96. The van der Waals surface area contributed by atoms with Gasteiger partial charge in [-0.05, 0) is 43.6 Å². The summed E-state index contributed by atoms with van der Waals surface area (Å²) in [6, 6.07) is 3.70. The summed E-state index contributed by atoms with van der Waals surface area (Å²) in [5.74, 6) is 0.954. The molecule has 122 valence electrons. The molecule has 0 bridgehead atoms. The van der Waals surface area contributed by atoms with E-state index in [1.54, 1.807) is 0 Å². The van der Waals surface area contributed by atoms with E-state index in [1.807, 2.05) is 18.7 Å². The van der Waals surface area contributed by atoms with Crippen LogP contribution in [0.3, 0.4) is 0 Å². The molecule has 1 aromatic carbocycles. The molecule has 1 aliphatic rings. The summed E-state index contributed by atoms with van der Waals surface area (Å²) in [5.41, 5.74) is 0.510. The van der Waals surface area contributed by atoms with Crippen molar-refractivity contribution in [3.63, 3.8) is 0 Å². The number of nitrogens with zero attached hydrogens (tertiary/aromatic N) is 1. The van der Waals surface area contributed by atoms with Crippen LogP contribution in [0, 0.1) is 11.6 Å². The smallest absolute Gasteiger partial charge is 0.191 e. The van der Waals surface area contributed by atoms with Crippen molar-refractivity contribution in [2.45, 2.75) is 31.4 Å². The second-order valence-corrected chi connectivity index (χ2v) is 6.68. The van der Waals surface area contributed by atoms with Crippen molar-refractivity contribution >= 4 is 17.7 Å². The summed E-state index contributed by atoms with van der Waals surface area (Å²) in [6.07, 6.45) is 3.00. The lowest BCUT2D eigenvalue weighted by molar-refractivity contribution is 0.570. The third kappa shape index (κ3) is 5.48. The summed E-state index contributed by atoms with van der Waals surface area (Å²) >= 11 is 1.98. The second kappa shape index (κ2) is 8.98. The van der Waals surface area contributed by atoms with E-state index in [0.29, 0.717) is 23.8 Å². The van der Waals surface area contributed by atoms with Crippen molar-refractivity contribution in [1.29, 1.82) is 0 Å². The highest BCUT2D eigenvalue weighted by atomic mass is 32.2. The third-order valence-corrected chi connectivity index (χ3v) is 4.90. The number of benzene rings is 1. The van der Waals surface area contributed by atoms with E-state index < -0.39 is 11.6 Å². The molecule has 6 heteroatoms. The van der Waals surface area contributed by atoms with Crippen molar-refractivity contribution in [3.8, 4) is 0 Å². The lowest BCUT2D eigenvalue weighted by Gasteiger charge is -2.13. The highest BCUT2D eigenvalue weighted by Crippen LogP contribution is 2.25. The Bertz CT molecular complexity index is 502. The topological polar surface area (TPSA) is 36.4 Å². The fourth-order valence-corrected chi connectivity index (χ4v) is 3.54. The molecule has 1 aliphatic heterocycles. The molecule has 2 N–H and O–H groups in total. The third-order valence-electron chi connectivity index (χ3n) is 3.52. The Balaban J connectivity index is 1.81. The molecule has 22 heavy (non-hydrogen) atoms. The predicted octanol–water partition coefficient (Wildman–Crippen LogP) is 2.96. The highest BCUT2D eigenvalue weighted by Gasteiger charge is 2.15. The molecule has 1 atom stereocenters. The molecule has 1 fully saturated rings. The van der Waals surface area contributed by atoms with Gasteiger partial charge >= 0.3 is 0 Å². The van der Waals surface area contributed by atoms with Gasteiger partial charge in [0.1, 0.15) is 11.6 Å². The molecule has 0 saturated carbocycles. The van der Waals surface area contributed by atoms with Crippen LogP contribution >= 0.6 is 11.8 Å². The fourth-order valence-electron chi connectivity index (χ4n) is 2.36. The Morgan fingerprint density at radius 1 is 1.36 bits per heavy atom. The first-order valence-electron chi connectivity index (χ1n) is 7.76. The minimum atomic E-state index is -0.543. The molecule has 3 nitrogen and oxygen atoms in total. The first-order valence-corrected chi connectivity index (χ1v) is 8.81.